The summed E-state index contributed by atoms with van der Waals surface area (Å²) in [5.41, 5.74) is 0. The molecule has 0 aromatic heterocycles. The van der Waals surface area contributed by atoms with E-state index in [4.69, 9.17) is 9.84 Å². The number of carbonyl (C=O) groups is 2. The maximum absolute atomic E-state index is 11.5. The first-order valence-corrected chi connectivity index (χ1v) is 9.00. The third kappa shape index (κ3) is 12.7. The van der Waals surface area contributed by atoms with Crippen molar-refractivity contribution < 1.29 is 19.4 Å². The number of unbranched alkanes of at least 4 members (excludes halogenated alkanes) is 7. The van der Waals surface area contributed by atoms with Gasteiger partial charge in [0.1, 0.15) is 0 Å². The van der Waals surface area contributed by atoms with Crippen LogP contribution in [0.1, 0.15) is 90.9 Å². The maximum Gasteiger partial charge on any atom is 0.306 e. The minimum atomic E-state index is -0.677. The molecule has 1 N–H and O–H groups in total. The van der Waals surface area contributed by atoms with Gasteiger partial charge >= 0.3 is 11.9 Å². The van der Waals surface area contributed by atoms with Gasteiger partial charge in [-0.1, -0.05) is 58.8 Å². The first kappa shape index (κ1) is 20.9. The van der Waals surface area contributed by atoms with Gasteiger partial charge in [-0.05, 0) is 25.7 Å². The molecule has 0 rings (SSSR count). The zero-order valence-corrected chi connectivity index (χ0v) is 14.4. The van der Waals surface area contributed by atoms with Crippen molar-refractivity contribution in [3.05, 3.63) is 0 Å². The molecule has 22 heavy (non-hydrogen) atoms. The quantitative estimate of drug-likeness (QED) is 0.343. The van der Waals surface area contributed by atoms with Crippen LogP contribution in [0.15, 0.2) is 0 Å². The van der Waals surface area contributed by atoms with Crippen molar-refractivity contribution >= 4 is 11.9 Å². The average molecular weight is 314 g/mol. The van der Waals surface area contributed by atoms with Gasteiger partial charge in [-0.15, -0.1) is 0 Å². The van der Waals surface area contributed by atoms with Crippen LogP contribution in [0.2, 0.25) is 0 Å². The fourth-order valence-electron chi connectivity index (χ4n) is 2.48. The van der Waals surface area contributed by atoms with Crippen LogP contribution in [0.3, 0.4) is 0 Å². The van der Waals surface area contributed by atoms with Crippen LogP contribution in [0, 0.1) is 5.92 Å². The smallest absolute Gasteiger partial charge is 0.306 e. The molecule has 0 saturated carbocycles. The van der Waals surface area contributed by atoms with E-state index in [0.717, 1.165) is 51.4 Å². The van der Waals surface area contributed by atoms with Gasteiger partial charge in [-0.2, -0.15) is 0 Å². The summed E-state index contributed by atoms with van der Waals surface area (Å²) in [6, 6.07) is 0. The predicted molar refractivity (Wildman–Crippen MR) is 88.8 cm³/mol. The highest BCUT2D eigenvalue weighted by Crippen LogP contribution is 2.15. The molecule has 0 aromatic carbocycles. The Morgan fingerprint density at radius 2 is 1.55 bits per heavy atom. The Labute approximate surface area is 135 Å². The van der Waals surface area contributed by atoms with Gasteiger partial charge in [0.25, 0.3) is 0 Å². The zero-order valence-electron chi connectivity index (χ0n) is 14.4. The Bertz CT molecular complexity index is 289. The van der Waals surface area contributed by atoms with Crippen molar-refractivity contribution in [1.82, 2.24) is 0 Å². The number of carbonyl (C=O) groups excluding carboxylic acids is 1. The molecule has 0 aromatic rings. The van der Waals surface area contributed by atoms with E-state index in [1.165, 1.54) is 12.8 Å². The molecule has 1 unspecified atom stereocenters. The van der Waals surface area contributed by atoms with E-state index in [1.54, 1.807) is 0 Å². The SMILES string of the molecule is CCCCCCOC(=O)CCCCCCCC(CC)C(=O)O. The van der Waals surface area contributed by atoms with Crippen molar-refractivity contribution in [2.75, 3.05) is 6.61 Å². The van der Waals surface area contributed by atoms with Gasteiger partial charge in [0, 0.05) is 6.42 Å². The van der Waals surface area contributed by atoms with Gasteiger partial charge in [-0.3, -0.25) is 9.59 Å². The maximum atomic E-state index is 11.5. The van der Waals surface area contributed by atoms with Gasteiger partial charge in [0.15, 0.2) is 0 Å². The molecule has 0 radical (unpaired) electrons. The molecule has 0 bridgehead atoms. The molecule has 0 fully saturated rings. The summed E-state index contributed by atoms with van der Waals surface area (Å²) >= 11 is 0. The van der Waals surface area contributed by atoms with Gasteiger partial charge in [0.2, 0.25) is 0 Å². The summed E-state index contributed by atoms with van der Waals surface area (Å²) in [5, 5.41) is 8.94. The Hall–Kier alpha value is -1.06. The molecule has 0 aliphatic heterocycles. The Morgan fingerprint density at radius 1 is 0.909 bits per heavy atom. The molecule has 4 nitrogen and oxygen atoms in total. The van der Waals surface area contributed by atoms with E-state index in [-0.39, 0.29) is 11.9 Å². The Balaban J connectivity index is 3.35. The minimum Gasteiger partial charge on any atom is -0.481 e. The van der Waals surface area contributed by atoms with Crippen molar-refractivity contribution in [2.45, 2.75) is 90.9 Å². The second-order valence-electron chi connectivity index (χ2n) is 6.03. The van der Waals surface area contributed by atoms with Crippen LogP contribution in [0.5, 0.6) is 0 Å². The number of hydrogen-bond donors (Lipinski definition) is 1. The first-order valence-electron chi connectivity index (χ1n) is 9.00. The highest BCUT2D eigenvalue weighted by Gasteiger charge is 2.13. The van der Waals surface area contributed by atoms with Crippen LogP contribution < -0.4 is 0 Å². The molecule has 130 valence electrons. The Morgan fingerprint density at radius 3 is 2.18 bits per heavy atom. The molecular weight excluding hydrogens is 280 g/mol. The third-order valence-electron chi connectivity index (χ3n) is 4.04. The van der Waals surface area contributed by atoms with Crippen molar-refractivity contribution in [3.63, 3.8) is 0 Å². The molecule has 4 heteroatoms. The van der Waals surface area contributed by atoms with E-state index in [1.807, 2.05) is 6.92 Å². The van der Waals surface area contributed by atoms with Crippen molar-refractivity contribution in [1.29, 1.82) is 0 Å². The lowest BCUT2D eigenvalue weighted by atomic mass is 9.98. The van der Waals surface area contributed by atoms with Crippen LogP contribution in [0.4, 0.5) is 0 Å². The fourth-order valence-corrected chi connectivity index (χ4v) is 2.48. The highest BCUT2D eigenvalue weighted by atomic mass is 16.5. The lowest BCUT2D eigenvalue weighted by Crippen LogP contribution is -2.12. The summed E-state index contributed by atoms with van der Waals surface area (Å²) in [7, 11) is 0. The third-order valence-corrected chi connectivity index (χ3v) is 4.04. The minimum absolute atomic E-state index is 0.0755. The van der Waals surface area contributed by atoms with E-state index in [2.05, 4.69) is 6.92 Å². The molecule has 0 saturated heterocycles. The van der Waals surface area contributed by atoms with Crippen molar-refractivity contribution in [2.24, 2.45) is 5.92 Å². The number of aliphatic carboxylic acids is 1. The molecule has 0 amide bonds. The van der Waals surface area contributed by atoms with Crippen LogP contribution in [0.25, 0.3) is 0 Å². The number of esters is 1. The van der Waals surface area contributed by atoms with E-state index in [9.17, 15) is 9.59 Å². The summed E-state index contributed by atoms with van der Waals surface area (Å²) < 4.78 is 5.18. The van der Waals surface area contributed by atoms with E-state index in [0.29, 0.717) is 19.4 Å². The number of hydrogen-bond acceptors (Lipinski definition) is 3. The topological polar surface area (TPSA) is 63.6 Å². The molecular formula is C18H34O4. The van der Waals surface area contributed by atoms with Gasteiger partial charge < -0.3 is 9.84 Å². The summed E-state index contributed by atoms with van der Waals surface area (Å²) in [4.78, 5) is 22.3. The van der Waals surface area contributed by atoms with Crippen LogP contribution >= 0.6 is 0 Å². The first-order chi connectivity index (χ1) is 10.6. The van der Waals surface area contributed by atoms with Crippen LogP contribution in [-0.4, -0.2) is 23.7 Å². The van der Waals surface area contributed by atoms with Crippen molar-refractivity contribution in [3.8, 4) is 0 Å². The molecule has 0 spiro atoms. The largest absolute Gasteiger partial charge is 0.481 e. The molecule has 0 heterocycles. The fraction of sp³-hybridized carbons (Fsp3) is 0.889. The monoisotopic (exact) mass is 314 g/mol. The molecule has 1 atom stereocenters. The normalized spacial score (nSPS) is 12.1. The highest BCUT2D eigenvalue weighted by molar-refractivity contribution is 5.69. The summed E-state index contributed by atoms with van der Waals surface area (Å²) in [5.74, 6) is -0.944. The van der Waals surface area contributed by atoms with Crippen LogP contribution in [-0.2, 0) is 14.3 Å². The second kappa shape index (κ2) is 14.9. The van der Waals surface area contributed by atoms with E-state index < -0.39 is 5.97 Å². The number of carboxylic acid groups (broad SMARTS) is 1. The number of carboxylic acids is 1. The lowest BCUT2D eigenvalue weighted by molar-refractivity contribution is -0.144. The van der Waals surface area contributed by atoms with Gasteiger partial charge in [-0.25, -0.2) is 0 Å². The number of ether oxygens (including phenoxy) is 1. The lowest BCUT2D eigenvalue weighted by Gasteiger charge is -2.08. The Kier molecular flexibility index (Phi) is 14.1. The van der Waals surface area contributed by atoms with E-state index >= 15 is 0 Å². The summed E-state index contributed by atoms with van der Waals surface area (Å²) in [6.07, 6.45) is 11.5. The average Bonchev–Trinajstić information content (AvgIpc) is 2.49. The van der Waals surface area contributed by atoms with Gasteiger partial charge in [0.05, 0.1) is 12.5 Å². The zero-order chi connectivity index (χ0) is 16.6. The standard InChI is InChI=1S/C18H34O4/c1-3-5-6-12-15-22-17(19)14-11-9-7-8-10-13-16(4-2)18(20)21/h16H,3-15H2,1-2H3,(H,20,21). The molecule has 0 aliphatic rings. The predicted octanol–water partition coefficient (Wildman–Crippen LogP) is 4.95. The molecule has 0 aliphatic carbocycles. The second-order valence-corrected chi connectivity index (χ2v) is 6.03. The number of rotatable bonds is 15. The summed E-state index contributed by atoms with van der Waals surface area (Å²) in [6.45, 7) is 4.65.